The summed E-state index contributed by atoms with van der Waals surface area (Å²) in [5.41, 5.74) is 0. The SMILES string of the molecule is CCCCCCCCCC(CCCCCCCC(=O)OCCOC(=O)CCCCCCCC(CCCCCCCCC)OC(=O)CCCCC)OC(=O)CCCCC. The average Bonchev–Trinajstić information content (AvgIpc) is 3.20. The minimum Gasteiger partial charge on any atom is -0.462 e. The maximum atomic E-state index is 12.4. The van der Waals surface area contributed by atoms with Crippen molar-refractivity contribution in [3.63, 3.8) is 0 Å². The summed E-state index contributed by atoms with van der Waals surface area (Å²) in [6, 6.07) is 0. The number of esters is 4. The average molecular weight is 823 g/mol. The predicted octanol–water partition coefficient (Wildman–Crippen LogP) is 14.8. The van der Waals surface area contributed by atoms with Gasteiger partial charge in [0.25, 0.3) is 0 Å². The van der Waals surface area contributed by atoms with E-state index < -0.39 is 0 Å². The zero-order valence-electron chi connectivity index (χ0n) is 38.7. The molecule has 8 nitrogen and oxygen atoms in total. The number of hydrogen-bond donors (Lipinski definition) is 0. The van der Waals surface area contributed by atoms with Crippen molar-refractivity contribution in [2.75, 3.05) is 13.2 Å². The van der Waals surface area contributed by atoms with Crippen LogP contribution in [0.3, 0.4) is 0 Å². The van der Waals surface area contributed by atoms with Crippen LogP contribution in [0, 0.1) is 0 Å². The van der Waals surface area contributed by atoms with Crippen LogP contribution in [0.15, 0.2) is 0 Å². The van der Waals surface area contributed by atoms with Gasteiger partial charge < -0.3 is 18.9 Å². The normalized spacial score (nSPS) is 12.3. The van der Waals surface area contributed by atoms with E-state index in [4.69, 9.17) is 18.9 Å². The Bertz CT molecular complexity index is 863. The molecule has 0 aliphatic heterocycles. The topological polar surface area (TPSA) is 105 Å². The van der Waals surface area contributed by atoms with Crippen molar-refractivity contribution in [1.29, 1.82) is 0 Å². The van der Waals surface area contributed by atoms with E-state index in [1.165, 1.54) is 77.0 Å². The van der Waals surface area contributed by atoms with Gasteiger partial charge in [-0.05, 0) is 77.0 Å². The Balaban J connectivity index is 4.03. The predicted molar refractivity (Wildman–Crippen MR) is 240 cm³/mol. The van der Waals surface area contributed by atoms with E-state index in [1.807, 2.05) is 0 Å². The summed E-state index contributed by atoms with van der Waals surface area (Å²) in [7, 11) is 0. The highest BCUT2D eigenvalue weighted by atomic mass is 16.6. The van der Waals surface area contributed by atoms with Crippen molar-refractivity contribution in [1.82, 2.24) is 0 Å². The molecule has 2 atom stereocenters. The molecule has 8 heteroatoms. The summed E-state index contributed by atoms with van der Waals surface area (Å²) < 4.78 is 22.4. The van der Waals surface area contributed by atoms with Gasteiger partial charge in [0.1, 0.15) is 25.4 Å². The van der Waals surface area contributed by atoms with Crippen LogP contribution >= 0.6 is 0 Å². The van der Waals surface area contributed by atoms with E-state index >= 15 is 0 Å². The molecule has 0 aromatic rings. The van der Waals surface area contributed by atoms with Crippen LogP contribution < -0.4 is 0 Å². The first-order valence-corrected chi connectivity index (χ1v) is 25.1. The van der Waals surface area contributed by atoms with Gasteiger partial charge in [0, 0.05) is 25.7 Å². The Kier molecular flexibility index (Phi) is 42.8. The van der Waals surface area contributed by atoms with Crippen LogP contribution in [-0.2, 0) is 38.1 Å². The number of carbonyl (C=O) groups excluding carboxylic acids is 4. The van der Waals surface area contributed by atoms with Crippen LogP contribution in [0.4, 0.5) is 0 Å². The van der Waals surface area contributed by atoms with E-state index in [0.717, 1.165) is 141 Å². The van der Waals surface area contributed by atoms with Gasteiger partial charge in [0.2, 0.25) is 0 Å². The molecule has 0 fully saturated rings. The molecule has 2 unspecified atom stereocenters. The Morgan fingerprint density at radius 2 is 0.517 bits per heavy atom. The first-order valence-electron chi connectivity index (χ1n) is 25.1. The van der Waals surface area contributed by atoms with E-state index in [2.05, 4.69) is 27.7 Å². The number of unbranched alkanes of at least 4 members (excludes halogenated alkanes) is 24. The first-order chi connectivity index (χ1) is 28.4. The lowest BCUT2D eigenvalue weighted by atomic mass is 10.0. The Morgan fingerprint density at radius 1 is 0.293 bits per heavy atom. The molecule has 0 amide bonds. The number of rotatable bonds is 45. The summed E-state index contributed by atoms with van der Waals surface area (Å²) >= 11 is 0. The van der Waals surface area contributed by atoms with E-state index in [-0.39, 0.29) is 49.3 Å². The summed E-state index contributed by atoms with van der Waals surface area (Å²) in [6.45, 7) is 8.99. The van der Waals surface area contributed by atoms with Gasteiger partial charge >= 0.3 is 23.9 Å². The van der Waals surface area contributed by atoms with E-state index in [0.29, 0.717) is 25.7 Å². The van der Waals surface area contributed by atoms with E-state index in [1.54, 1.807) is 0 Å². The van der Waals surface area contributed by atoms with Crippen LogP contribution in [0.1, 0.15) is 272 Å². The lowest BCUT2D eigenvalue weighted by molar-refractivity contribution is -0.152. The molecule has 0 aliphatic rings. The van der Waals surface area contributed by atoms with Crippen LogP contribution in [0.5, 0.6) is 0 Å². The molecular weight excluding hydrogens is 729 g/mol. The van der Waals surface area contributed by atoms with Gasteiger partial charge in [-0.2, -0.15) is 0 Å². The fraction of sp³-hybridized carbons (Fsp3) is 0.920. The van der Waals surface area contributed by atoms with Gasteiger partial charge in [-0.15, -0.1) is 0 Å². The molecule has 0 aromatic carbocycles. The van der Waals surface area contributed by atoms with Crippen molar-refractivity contribution < 1.29 is 38.1 Å². The number of ether oxygens (including phenoxy) is 4. The fourth-order valence-corrected chi connectivity index (χ4v) is 7.51. The molecule has 0 N–H and O–H groups in total. The molecule has 0 saturated carbocycles. The first kappa shape index (κ1) is 55.9. The third-order valence-corrected chi connectivity index (χ3v) is 11.2. The highest BCUT2D eigenvalue weighted by Crippen LogP contribution is 2.20. The molecule has 0 heterocycles. The second kappa shape index (κ2) is 44.4. The number of carbonyl (C=O) groups is 4. The molecular formula is C50H94O8. The zero-order valence-corrected chi connectivity index (χ0v) is 38.7. The quantitative estimate of drug-likeness (QED) is 0.0340. The molecule has 0 bridgehead atoms. The van der Waals surface area contributed by atoms with Crippen LogP contribution in [0.25, 0.3) is 0 Å². The second-order valence-electron chi connectivity index (χ2n) is 17.0. The van der Waals surface area contributed by atoms with Crippen molar-refractivity contribution in [2.24, 2.45) is 0 Å². The van der Waals surface area contributed by atoms with Gasteiger partial charge in [0.05, 0.1) is 0 Å². The molecule has 0 radical (unpaired) electrons. The molecule has 342 valence electrons. The van der Waals surface area contributed by atoms with Gasteiger partial charge in [-0.1, -0.05) is 169 Å². The van der Waals surface area contributed by atoms with Crippen LogP contribution in [0.2, 0.25) is 0 Å². The largest absolute Gasteiger partial charge is 0.462 e. The van der Waals surface area contributed by atoms with Gasteiger partial charge in [-0.25, -0.2) is 0 Å². The van der Waals surface area contributed by atoms with Crippen molar-refractivity contribution in [3.8, 4) is 0 Å². The minimum absolute atomic E-state index is 0.0338. The molecule has 0 spiro atoms. The summed E-state index contributed by atoms with van der Waals surface area (Å²) in [6.07, 6.45) is 39.4. The van der Waals surface area contributed by atoms with Gasteiger partial charge in [-0.3, -0.25) is 19.2 Å². The second-order valence-corrected chi connectivity index (χ2v) is 17.0. The highest BCUT2D eigenvalue weighted by molar-refractivity contribution is 5.70. The zero-order chi connectivity index (χ0) is 42.6. The number of hydrogen-bond acceptors (Lipinski definition) is 8. The third-order valence-electron chi connectivity index (χ3n) is 11.2. The van der Waals surface area contributed by atoms with E-state index in [9.17, 15) is 19.2 Å². The molecule has 0 rings (SSSR count). The van der Waals surface area contributed by atoms with Gasteiger partial charge in [0.15, 0.2) is 0 Å². The molecule has 0 aliphatic carbocycles. The Morgan fingerprint density at radius 3 is 0.828 bits per heavy atom. The lowest BCUT2D eigenvalue weighted by Gasteiger charge is -2.18. The van der Waals surface area contributed by atoms with Crippen LogP contribution in [-0.4, -0.2) is 49.3 Å². The summed E-state index contributed by atoms with van der Waals surface area (Å²) in [5.74, 6) is -0.553. The fourth-order valence-electron chi connectivity index (χ4n) is 7.51. The highest BCUT2D eigenvalue weighted by Gasteiger charge is 2.16. The maximum absolute atomic E-state index is 12.4. The minimum atomic E-state index is -0.239. The monoisotopic (exact) mass is 823 g/mol. The standard InChI is InChI=1S/C50H94O8/c1-5-9-13-15-17-21-29-35-45(57-49(53)41-27-11-7-3)37-31-23-19-25-33-39-47(51)55-43-44-56-48(52)40-34-26-20-24-32-38-46(58-50(54)42-28-12-8-4)36-30-22-18-16-14-10-6-2/h45-46H,5-44H2,1-4H3. The molecule has 0 aromatic heterocycles. The molecule has 58 heavy (non-hydrogen) atoms. The Labute approximate surface area is 358 Å². The Hall–Kier alpha value is -2.12. The lowest BCUT2D eigenvalue weighted by Crippen LogP contribution is -2.18. The summed E-state index contributed by atoms with van der Waals surface area (Å²) in [5, 5.41) is 0. The summed E-state index contributed by atoms with van der Waals surface area (Å²) in [4.78, 5) is 49.1. The van der Waals surface area contributed by atoms with Crippen molar-refractivity contribution in [3.05, 3.63) is 0 Å². The maximum Gasteiger partial charge on any atom is 0.306 e. The third kappa shape index (κ3) is 40.7. The van der Waals surface area contributed by atoms with Crippen molar-refractivity contribution in [2.45, 2.75) is 284 Å². The molecule has 0 saturated heterocycles. The smallest absolute Gasteiger partial charge is 0.306 e. The van der Waals surface area contributed by atoms with Crippen molar-refractivity contribution >= 4 is 23.9 Å².